The molecule has 0 bridgehead atoms. The Morgan fingerprint density at radius 3 is 1.70 bits per heavy atom. The van der Waals surface area contributed by atoms with Crippen LogP contribution in [-0.4, -0.2) is 14.4 Å². The van der Waals surface area contributed by atoms with Crippen molar-refractivity contribution >= 4 is 34.6 Å². The van der Waals surface area contributed by atoms with E-state index in [9.17, 15) is 0 Å². The van der Waals surface area contributed by atoms with Crippen molar-refractivity contribution in [1.29, 1.82) is 0 Å². The van der Waals surface area contributed by atoms with E-state index >= 15 is 0 Å². The van der Waals surface area contributed by atoms with Gasteiger partial charge in [-0.25, -0.2) is 0 Å². The van der Waals surface area contributed by atoms with Crippen LogP contribution in [0, 0.1) is 10.8 Å². The van der Waals surface area contributed by atoms with Crippen LogP contribution in [0.5, 0.6) is 0 Å². The zero-order chi connectivity index (χ0) is 16.9. The number of benzene rings is 2. The Morgan fingerprint density at radius 1 is 0.913 bits per heavy atom. The van der Waals surface area contributed by atoms with E-state index in [4.69, 9.17) is 4.43 Å². The van der Waals surface area contributed by atoms with E-state index in [1.807, 2.05) is 6.92 Å². The molecule has 0 saturated carbocycles. The van der Waals surface area contributed by atoms with Crippen molar-refractivity contribution in [2.75, 3.05) is 0 Å². The van der Waals surface area contributed by atoms with Crippen molar-refractivity contribution < 1.29 is 4.43 Å². The highest BCUT2D eigenvalue weighted by Crippen LogP contribution is 2.37. The predicted molar refractivity (Wildman–Crippen MR) is 105 cm³/mol. The van der Waals surface area contributed by atoms with Crippen LogP contribution in [0.2, 0.25) is 5.04 Å². The van der Waals surface area contributed by atoms with Gasteiger partial charge in [0.2, 0.25) is 0 Å². The SMILES string of the molecule is CC(C#CBr)O[Si](c1ccccc1)(c1ccccc1)C(C)(C)C. The molecule has 0 spiro atoms. The Balaban J connectivity index is 2.71. The van der Waals surface area contributed by atoms with Crippen molar-refractivity contribution in [3.63, 3.8) is 0 Å². The molecule has 0 heterocycles. The molecule has 23 heavy (non-hydrogen) atoms. The van der Waals surface area contributed by atoms with Crippen LogP contribution in [-0.2, 0) is 4.43 Å². The van der Waals surface area contributed by atoms with Gasteiger partial charge in [-0.1, -0.05) is 87.4 Å². The standard InChI is InChI=1S/C20H23BrOSi/c1-17(15-16-21)22-23(20(2,3)4,18-11-7-5-8-12-18)19-13-9-6-10-14-19/h5-14,17H,1-4H3. The Labute approximate surface area is 149 Å². The van der Waals surface area contributed by atoms with Crippen LogP contribution in [0.3, 0.4) is 0 Å². The topological polar surface area (TPSA) is 9.23 Å². The molecule has 1 atom stereocenters. The fraction of sp³-hybridized carbons (Fsp3) is 0.300. The molecule has 2 aromatic rings. The van der Waals surface area contributed by atoms with Gasteiger partial charge < -0.3 is 4.43 Å². The van der Waals surface area contributed by atoms with E-state index in [0.29, 0.717) is 0 Å². The van der Waals surface area contributed by atoms with E-state index in [0.717, 1.165) is 0 Å². The van der Waals surface area contributed by atoms with Crippen molar-refractivity contribution in [2.45, 2.75) is 38.8 Å². The minimum Gasteiger partial charge on any atom is -0.394 e. The van der Waals surface area contributed by atoms with Crippen LogP contribution < -0.4 is 10.4 Å². The first-order chi connectivity index (χ1) is 10.9. The van der Waals surface area contributed by atoms with E-state index in [-0.39, 0.29) is 11.1 Å². The van der Waals surface area contributed by atoms with Crippen molar-refractivity contribution in [3.05, 3.63) is 60.7 Å². The van der Waals surface area contributed by atoms with E-state index in [1.54, 1.807) is 0 Å². The number of halogens is 1. The second-order valence-corrected chi connectivity index (χ2v) is 11.3. The molecule has 120 valence electrons. The smallest absolute Gasteiger partial charge is 0.262 e. The molecule has 1 nitrogen and oxygen atoms in total. The Morgan fingerprint density at radius 2 is 1.35 bits per heavy atom. The van der Waals surface area contributed by atoms with Crippen LogP contribution in [0.25, 0.3) is 0 Å². The van der Waals surface area contributed by atoms with Gasteiger partial charge in [0.15, 0.2) is 0 Å². The third-order valence-corrected chi connectivity index (χ3v) is 9.37. The summed E-state index contributed by atoms with van der Waals surface area (Å²) in [5, 5.41) is 2.54. The first-order valence-electron chi connectivity index (χ1n) is 7.82. The fourth-order valence-corrected chi connectivity index (χ4v) is 7.99. The van der Waals surface area contributed by atoms with Crippen molar-refractivity contribution in [2.24, 2.45) is 0 Å². The van der Waals surface area contributed by atoms with Crippen molar-refractivity contribution in [1.82, 2.24) is 0 Å². The number of hydrogen-bond donors (Lipinski definition) is 0. The summed E-state index contributed by atoms with van der Waals surface area (Å²) >= 11 is 3.19. The maximum atomic E-state index is 6.75. The Kier molecular flexibility index (Phi) is 5.86. The molecule has 0 saturated heterocycles. The first-order valence-corrected chi connectivity index (χ1v) is 10.5. The Hall–Kier alpha value is -1.34. The summed E-state index contributed by atoms with van der Waals surface area (Å²) in [6.45, 7) is 8.84. The normalized spacial score (nSPS) is 13.1. The third kappa shape index (κ3) is 3.77. The highest BCUT2D eigenvalue weighted by molar-refractivity contribution is 9.12. The first kappa shape index (κ1) is 18.0. The van der Waals surface area contributed by atoms with Crippen molar-refractivity contribution in [3.8, 4) is 10.8 Å². The third-order valence-electron chi connectivity index (χ3n) is 4.03. The minimum atomic E-state index is -2.47. The monoisotopic (exact) mass is 386 g/mol. The average Bonchev–Trinajstić information content (AvgIpc) is 2.53. The van der Waals surface area contributed by atoms with E-state index < -0.39 is 8.32 Å². The van der Waals surface area contributed by atoms with E-state index in [2.05, 4.69) is 108 Å². The summed E-state index contributed by atoms with van der Waals surface area (Å²) in [5.41, 5.74) is 0. The van der Waals surface area contributed by atoms with E-state index in [1.165, 1.54) is 10.4 Å². The molecular formula is C20H23BrOSi. The summed E-state index contributed by atoms with van der Waals surface area (Å²) in [6.07, 6.45) is -0.138. The van der Waals surface area contributed by atoms with Gasteiger partial charge in [-0.3, -0.25) is 0 Å². The van der Waals surface area contributed by atoms with Gasteiger partial charge in [-0.2, -0.15) is 0 Å². The largest absolute Gasteiger partial charge is 0.394 e. The summed E-state index contributed by atoms with van der Waals surface area (Å²) in [5.74, 6) is 3.09. The molecular weight excluding hydrogens is 364 g/mol. The van der Waals surface area contributed by atoms with Gasteiger partial charge in [0.1, 0.15) is 6.10 Å². The molecule has 2 rings (SSSR count). The summed E-state index contributed by atoms with van der Waals surface area (Å²) in [4.78, 5) is 2.80. The highest BCUT2D eigenvalue weighted by atomic mass is 79.9. The number of rotatable bonds is 4. The maximum Gasteiger partial charge on any atom is 0.262 e. The predicted octanol–water partition coefficient (Wildman–Crippen LogP) is 4.31. The van der Waals surface area contributed by atoms with Gasteiger partial charge >= 0.3 is 0 Å². The zero-order valence-corrected chi connectivity index (χ0v) is 16.7. The van der Waals surface area contributed by atoms with Crippen LogP contribution >= 0.6 is 15.9 Å². The van der Waals surface area contributed by atoms with Gasteiger partial charge in [-0.15, -0.1) is 0 Å². The summed E-state index contributed by atoms with van der Waals surface area (Å²) in [6, 6.07) is 21.3. The molecule has 1 unspecified atom stereocenters. The van der Waals surface area contributed by atoms with Gasteiger partial charge in [0, 0.05) is 15.9 Å². The van der Waals surface area contributed by atoms with Gasteiger partial charge in [0.05, 0.1) is 0 Å². The molecule has 0 aromatic heterocycles. The second-order valence-electron chi connectivity index (χ2n) is 6.66. The molecule has 0 fully saturated rings. The minimum absolute atomic E-state index is 0.0159. The molecule has 0 N–H and O–H groups in total. The second kappa shape index (κ2) is 7.48. The van der Waals surface area contributed by atoms with Gasteiger partial charge in [0.25, 0.3) is 8.32 Å². The molecule has 0 amide bonds. The Bertz CT molecular complexity index is 641. The lowest BCUT2D eigenvalue weighted by Crippen LogP contribution is -2.67. The van der Waals surface area contributed by atoms with Crippen LogP contribution in [0.15, 0.2) is 60.7 Å². The quantitative estimate of drug-likeness (QED) is 0.561. The van der Waals surface area contributed by atoms with Crippen LogP contribution in [0.1, 0.15) is 27.7 Å². The molecule has 2 aromatic carbocycles. The van der Waals surface area contributed by atoms with Crippen LogP contribution in [0.4, 0.5) is 0 Å². The molecule has 0 aliphatic carbocycles. The summed E-state index contributed by atoms with van der Waals surface area (Å²) in [7, 11) is -2.47. The fourth-order valence-electron chi connectivity index (χ4n) is 3.06. The summed E-state index contributed by atoms with van der Waals surface area (Å²) < 4.78 is 6.75. The molecule has 3 heteroatoms. The molecule has 0 aliphatic rings. The highest BCUT2D eigenvalue weighted by Gasteiger charge is 2.50. The lowest BCUT2D eigenvalue weighted by atomic mass is 10.2. The lowest BCUT2D eigenvalue weighted by Gasteiger charge is -2.43. The molecule has 0 radical (unpaired) electrons. The number of hydrogen-bond acceptors (Lipinski definition) is 1. The zero-order valence-electron chi connectivity index (χ0n) is 14.1. The average molecular weight is 387 g/mol. The maximum absolute atomic E-state index is 6.75. The molecule has 0 aliphatic heterocycles. The van der Waals surface area contributed by atoms with Gasteiger partial charge in [-0.05, 0) is 27.2 Å². The lowest BCUT2D eigenvalue weighted by molar-refractivity contribution is 0.261.